The molecule has 5 aromatic heterocycles. The second-order valence-electron chi connectivity index (χ2n) is 8.50. The fraction of sp³-hybridized carbons (Fsp3) is 0.0769. The standard InChI is InChI=1S/C26H19FN8O/c1-13(24(28)36)15-5-16(9-29-8-15)17-7-19-23(34-35-25(19)31-10-17)26-32-21-12-30-11-20(22(21)33-26)14-3-2-4-18(27)6-14/h2-13H,1H3,(H2,28,36)(H,32,33)(H,31,34,35). The molecule has 5 heterocycles. The Morgan fingerprint density at radius 1 is 1.00 bits per heavy atom. The maximum Gasteiger partial charge on any atom is 0.224 e. The average Bonchev–Trinajstić information content (AvgIpc) is 3.51. The number of imidazole rings is 1. The summed E-state index contributed by atoms with van der Waals surface area (Å²) in [7, 11) is 0. The third-order valence-electron chi connectivity index (χ3n) is 6.20. The van der Waals surface area contributed by atoms with Crippen LogP contribution in [0.3, 0.4) is 0 Å². The zero-order valence-electron chi connectivity index (χ0n) is 19.0. The number of carbonyl (C=O) groups is 1. The molecule has 1 aromatic carbocycles. The van der Waals surface area contributed by atoms with Crippen molar-refractivity contribution in [1.29, 1.82) is 0 Å². The van der Waals surface area contributed by atoms with Crippen LogP contribution >= 0.6 is 0 Å². The number of benzene rings is 1. The van der Waals surface area contributed by atoms with Crippen LogP contribution in [0.15, 0.2) is 67.4 Å². The van der Waals surface area contributed by atoms with Crippen LogP contribution < -0.4 is 5.73 Å². The molecule has 10 heteroatoms. The molecule has 9 nitrogen and oxygen atoms in total. The molecule has 0 aliphatic heterocycles. The Balaban J connectivity index is 1.45. The van der Waals surface area contributed by atoms with Crippen molar-refractivity contribution in [3.63, 3.8) is 0 Å². The molecule has 0 spiro atoms. The molecular weight excluding hydrogens is 459 g/mol. The molecular formula is C26H19FN8O. The maximum absolute atomic E-state index is 13.8. The molecule has 0 fully saturated rings. The molecule has 6 aromatic rings. The first-order valence-corrected chi connectivity index (χ1v) is 11.2. The highest BCUT2D eigenvalue weighted by molar-refractivity contribution is 5.96. The van der Waals surface area contributed by atoms with Gasteiger partial charge in [-0.15, -0.1) is 0 Å². The van der Waals surface area contributed by atoms with Crippen molar-refractivity contribution in [2.24, 2.45) is 5.73 Å². The molecule has 0 radical (unpaired) electrons. The van der Waals surface area contributed by atoms with Crippen LogP contribution in [0.4, 0.5) is 4.39 Å². The lowest BCUT2D eigenvalue weighted by atomic mass is 9.99. The van der Waals surface area contributed by atoms with Crippen LogP contribution in [-0.2, 0) is 4.79 Å². The molecule has 0 saturated heterocycles. The fourth-order valence-electron chi connectivity index (χ4n) is 4.17. The van der Waals surface area contributed by atoms with Gasteiger partial charge in [0.1, 0.15) is 11.5 Å². The zero-order valence-corrected chi connectivity index (χ0v) is 19.0. The lowest BCUT2D eigenvalue weighted by Gasteiger charge is -2.09. The Kier molecular flexibility index (Phi) is 4.99. The van der Waals surface area contributed by atoms with E-state index in [4.69, 9.17) is 10.7 Å². The molecule has 0 aliphatic rings. The number of nitrogens with zero attached hydrogens (tertiary/aromatic N) is 5. The molecule has 1 amide bonds. The van der Waals surface area contributed by atoms with Crippen LogP contribution in [-0.4, -0.2) is 41.0 Å². The first-order chi connectivity index (χ1) is 17.5. The van der Waals surface area contributed by atoms with Gasteiger partial charge in [0.25, 0.3) is 0 Å². The van der Waals surface area contributed by atoms with E-state index in [-0.39, 0.29) is 5.82 Å². The van der Waals surface area contributed by atoms with Crippen molar-refractivity contribution in [1.82, 2.24) is 35.1 Å². The van der Waals surface area contributed by atoms with Gasteiger partial charge in [0.05, 0.1) is 28.5 Å². The fourth-order valence-corrected chi connectivity index (χ4v) is 4.17. The van der Waals surface area contributed by atoms with Gasteiger partial charge < -0.3 is 10.7 Å². The second kappa shape index (κ2) is 8.35. The van der Waals surface area contributed by atoms with E-state index >= 15 is 0 Å². The van der Waals surface area contributed by atoms with Gasteiger partial charge in [0, 0.05) is 41.5 Å². The summed E-state index contributed by atoms with van der Waals surface area (Å²) < 4.78 is 13.8. The minimum atomic E-state index is -0.463. The third-order valence-corrected chi connectivity index (χ3v) is 6.20. The van der Waals surface area contributed by atoms with Crippen LogP contribution in [0, 0.1) is 5.82 Å². The maximum atomic E-state index is 13.8. The highest BCUT2D eigenvalue weighted by Crippen LogP contribution is 2.32. The number of hydrogen-bond acceptors (Lipinski definition) is 6. The predicted molar refractivity (Wildman–Crippen MR) is 133 cm³/mol. The summed E-state index contributed by atoms with van der Waals surface area (Å²) in [5.74, 6) is -0.666. The van der Waals surface area contributed by atoms with E-state index in [2.05, 4.69) is 30.1 Å². The van der Waals surface area contributed by atoms with Gasteiger partial charge in [-0.3, -0.25) is 19.9 Å². The number of nitrogens with two attached hydrogens (primary N) is 1. The molecule has 1 atom stereocenters. The van der Waals surface area contributed by atoms with Gasteiger partial charge in [-0.25, -0.2) is 14.4 Å². The van der Waals surface area contributed by atoms with Gasteiger partial charge in [0.2, 0.25) is 5.91 Å². The van der Waals surface area contributed by atoms with E-state index in [1.54, 1.807) is 44.0 Å². The summed E-state index contributed by atoms with van der Waals surface area (Å²) in [6, 6.07) is 10.1. The molecule has 4 N–H and O–H groups in total. The largest absolute Gasteiger partial charge is 0.369 e. The number of pyridine rings is 3. The van der Waals surface area contributed by atoms with E-state index in [1.807, 2.05) is 18.2 Å². The van der Waals surface area contributed by atoms with Crippen LogP contribution in [0.2, 0.25) is 0 Å². The highest BCUT2D eigenvalue weighted by Gasteiger charge is 2.17. The van der Waals surface area contributed by atoms with Crippen LogP contribution in [0.5, 0.6) is 0 Å². The number of primary amides is 1. The first-order valence-electron chi connectivity index (χ1n) is 11.2. The minimum absolute atomic E-state index is 0.331. The molecule has 6 rings (SSSR count). The van der Waals surface area contributed by atoms with Crippen LogP contribution in [0.1, 0.15) is 18.4 Å². The van der Waals surface area contributed by atoms with Gasteiger partial charge >= 0.3 is 0 Å². The number of aromatic amines is 2. The normalized spacial score (nSPS) is 12.3. The summed E-state index contributed by atoms with van der Waals surface area (Å²) in [6.45, 7) is 1.74. The number of amides is 1. The van der Waals surface area contributed by atoms with E-state index < -0.39 is 11.8 Å². The van der Waals surface area contributed by atoms with Crippen molar-refractivity contribution in [3.8, 4) is 33.8 Å². The Morgan fingerprint density at radius 3 is 2.67 bits per heavy atom. The van der Waals surface area contributed by atoms with Gasteiger partial charge in [0.15, 0.2) is 11.5 Å². The van der Waals surface area contributed by atoms with E-state index in [1.165, 1.54) is 12.1 Å². The first kappa shape index (κ1) is 21.5. The number of carbonyl (C=O) groups excluding carboxylic acids is 1. The predicted octanol–water partition coefficient (Wildman–Crippen LogP) is 4.35. The Hall–Kier alpha value is -4.99. The quantitative estimate of drug-likeness (QED) is 0.337. The Labute approximate surface area is 203 Å². The van der Waals surface area contributed by atoms with Gasteiger partial charge in [-0.2, -0.15) is 5.10 Å². The lowest BCUT2D eigenvalue weighted by Crippen LogP contribution is -2.18. The van der Waals surface area contributed by atoms with Gasteiger partial charge in [-0.05, 0) is 42.3 Å². The summed E-state index contributed by atoms with van der Waals surface area (Å²) in [5.41, 5.74) is 11.7. The topological polar surface area (TPSA) is 139 Å². The number of nitrogens with one attached hydrogen (secondary N) is 2. The third kappa shape index (κ3) is 3.65. The summed E-state index contributed by atoms with van der Waals surface area (Å²) in [6.07, 6.45) is 8.38. The summed E-state index contributed by atoms with van der Waals surface area (Å²) in [4.78, 5) is 32.8. The molecule has 1 unspecified atom stereocenters. The number of H-pyrrole nitrogens is 2. The van der Waals surface area contributed by atoms with E-state index in [0.29, 0.717) is 39.3 Å². The van der Waals surface area contributed by atoms with Gasteiger partial charge in [-0.1, -0.05) is 12.1 Å². The average molecular weight is 478 g/mol. The SMILES string of the molecule is CC(C(N)=O)c1cncc(-c2cnc3n[nH]c(-c4nc5c(-c6cccc(F)c6)cncc5[nH]4)c3c2)c1. The second-order valence-corrected chi connectivity index (χ2v) is 8.50. The smallest absolute Gasteiger partial charge is 0.224 e. The summed E-state index contributed by atoms with van der Waals surface area (Å²) >= 11 is 0. The molecule has 176 valence electrons. The molecule has 0 saturated carbocycles. The van der Waals surface area contributed by atoms with Crippen molar-refractivity contribution in [2.75, 3.05) is 0 Å². The highest BCUT2D eigenvalue weighted by atomic mass is 19.1. The lowest BCUT2D eigenvalue weighted by molar-refractivity contribution is -0.119. The molecule has 36 heavy (non-hydrogen) atoms. The minimum Gasteiger partial charge on any atom is -0.369 e. The monoisotopic (exact) mass is 478 g/mol. The zero-order chi connectivity index (χ0) is 24.8. The molecule has 0 bridgehead atoms. The number of rotatable bonds is 5. The Morgan fingerprint density at radius 2 is 1.83 bits per heavy atom. The molecule has 0 aliphatic carbocycles. The van der Waals surface area contributed by atoms with Crippen LogP contribution in [0.25, 0.3) is 55.8 Å². The van der Waals surface area contributed by atoms with Crippen molar-refractivity contribution in [3.05, 3.63) is 78.8 Å². The summed E-state index contributed by atoms with van der Waals surface area (Å²) in [5, 5.41) is 8.09. The van der Waals surface area contributed by atoms with Crippen molar-refractivity contribution < 1.29 is 9.18 Å². The number of fused-ring (bicyclic) bond motifs is 2. The number of hydrogen-bond donors (Lipinski definition) is 3. The van der Waals surface area contributed by atoms with E-state index in [9.17, 15) is 9.18 Å². The number of aromatic nitrogens is 7. The van der Waals surface area contributed by atoms with Crippen molar-refractivity contribution >= 4 is 28.0 Å². The van der Waals surface area contributed by atoms with Crippen molar-refractivity contribution in [2.45, 2.75) is 12.8 Å². The Bertz CT molecular complexity index is 1770. The van der Waals surface area contributed by atoms with E-state index in [0.717, 1.165) is 22.1 Å². The number of halogens is 1.